The van der Waals surface area contributed by atoms with Gasteiger partial charge in [-0.3, -0.25) is 28.3 Å². The molecule has 134 valence electrons. The van der Waals surface area contributed by atoms with Gasteiger partial charge >= 0.3 is 5.69 Å². The summed E-state index contributed by atoms with van der Waals surface area (Å²) < 4.78 is 3.21. The summed E-state index contributed by atoms with van der Waals surface area (Å²) in [4.78, 5) is 41.3. The Morgan fingerprint density at radius 3 is 2.27 bits per heavy atom. The third-order valence-corrected chi connectivity index (χ3v) is 4.32. The minimum atomic E-state index is -0.672. The number of benzene rings is 1. The predicted octanol–water partition coefficient (Wildman–Crippen LogP) is 0.261. The Kier molecular flexibility index (Phi) is 4.33. The van der Waals surface area contributed by atoms with Crippen molar-refractivity contribution in [2.24, 2.45) is 26.1 Å². The second-order valence-electron chi connectivity index (χ2n) is 5.99. The van der Waals surface area contributed by atoms with E-state index in [9.17, 15) is 19.5 Å². The van der Waals surface area contributed by atoms with E-state index in [0.29, 0.717) is 6.54 Å². The van der Waals surface area contributed by atoms with Gasteiger partial charge in [0, 0.05) is 27.4 Å². The second-order valence-corrected chi connectivity index (χ2v) is 5.99. The van der Waals surface area contributed by atoms with Crippen LogP contribution in [0.3, 0.4) is 0 Å². The molecule has 3 aromatic rings. The fourth-order valence-electron chi connectivity index (χ4n) is 2.89. The molecule has 0 saturated carbocycles. The molecule has 26 heavy (non-hydrogen) atoms. The average Bonchev–Trinajstić information content (AvgIpc) is 2.64. The van der Waals surface area contributed by atoms with E-state index in [0.717, 1.165) is 14.7 Å². The highest BCUT2D eigenvalue weighted by Crippen LogP contribution is 2.20. The summed E-state index contributed by atoms with van der Waals surface area (Å²) in [6, 6.07) is 9.42. The normalized spacial score (nSPS) is 11.5. The number of aromatic nitrogens is 3. The average molecular weight is 354 g/mol. The standard InChI is InChI=1S/C18H18N4O4/c1-20-15-13(17(25)22(3)18(26)21(15)2)14(23)12(16(20)24)10-19-9-11-7-5-4-6-8-11/h4-8,10,23H,9H2,1-3H3. The molecule has 8 heteroatoms. The van der Waals surface area contributed by atoms with Gasteiger partial charge in [-0.05, 0) is 5.56 Å². The molecule has 3 rings (SSSR count). The lowest BCUT2D eigenvalue weighted by atomic mass is 10.2. The van der Waals surface area contributed by atoms with Gasteiger partial charge in [0.25, 0.3) is 11.1 Å². The molecule has 0 aliphatic carbocycles. The van der Waals surface area contributed by atoms with Gasteiger partial charge in [-0.1, -0.05) is 30.3 Å². The van der Waals surface area contributed by atoms with Crippen LogP contribution in [0.4, 0.5) is 0 Å². The van der Waals surface area contributed by atoms with Crippen molar-refractivity contribution >= 4 is 17.2 Å². The van der Waals surface area contributed by atoms with Crippen LogP contribution >= 0.6 is 0 Å². The van der Waals surface area contributed by atoms with Crippen molar-refractivity contribution in [2.75, 3.05) is 0 Å². The van der Waals surface area contributed by atoms with E-state index in [2.05, 4.69) is 4.99 Å². The zero-order chi connectivity index (χ0) is 19.0. The van der Waals surface area contributed by atoms with Crippen molar-refractivity contribution < 1.29 is 5.11 Å². The van der Waals surface area contributed by atoms with Gasteiger partial charge in [0.1, 0.15) is 22.3 Å². The molecule has 0 fully saturated rings. The number of nitrogens with zero attached hydrogens (tertiary/aromatic N) is 4. The second kappa shape index (κ2) is 6.47. The van der Waals surface area contributed by atoms with Gasteiger partial charge in [-0.2, -0.15) is 0 Å². The fourth-order valence-corrected chi connectivity index (χ4v) is 2.89. The molecule has 0 aliphatic rings. The van der Waals surface area contributed by atoms with Crippen LogP contribution in [0.1, 0.15) is 11.1 Å². The number of hydrogen-bond acceptors (Lipinski definition) is 5. The maximum Gasteiger partial charge on any atom is 0.332 e. The molecule has 2 aromatic heterocycles. The van der Waals surface area contributed by atoms with E-state index in [-0.39, 0.29) is 16.6 Å². The third kappa shape index (κ3) is 2.65. The van der Waals surface area contributed by atoms with Crippen molar-refractivity contribution in [3.8, 4) is 5.75 Å². The zero-order valence-electron chi connectivity index (χ0n) is 14.6. The Labute approximate surface area is 147 Å². The lowest BCUT2D eigenvalue weighted by Crippen LogP contribution is -2.40. The van der Waals surface area contributed by atoms with Crippen molar-refractivity contribution in [3.63, 3.8) is 0 Å². The molecule has 0 bridgehead atoms. The van der Waals surface area contributed by atoms with E-state index in [1.54, 1.807) is 0 Å². The molecule has 1 aromatic carbocycles. The number of aromatic hydroxyl groups is 1. The number of pyridine rings is 1. The summed E-state index contributed by atoms with van der Waals surface area (Å²) in [5.41, 5.74) is -0.891. The Balaban J connectivity index is 2.24. The Hall–Kier alpha value is -3.42. The number of hydrogen-bond donors (Lipinski definition) is 1. The first-order chi connectivity index (χ1) is 12.3. The van der Waals surface area contributed by atoms with E-state index in [1.807, 2.05) is 30.3 Å². The summed E-state index contributed by atoms with van der Waals surface area (Å²) in [5, 5.41) is 10.4. The Morgan fingerprint density at radius 2 is 1.62 bits per heavy atom. The summed E-state index contributed by atoms with van der Waals surface area (Å²) in [5.74, 6) is -0.476. The zero-order valence-corrected chi connectivity index (χ0v) is 14.6. The van der Waals surface area contributed by atoms with Gasteiger partial charge in [-0.25, -0.2) is 4.79 Å². The van der Waals surface area contributed by atoms with E-state index in [1.165, 1.54) is 31.9 Å². The number of aryl methyl sites for hydroxylation is 2. The molecule has 0 amide bonds. The Morgan fingerprint density at radius 1 is 0.962 bits per heavy atom. The summed E-state index contributed by atoms with van der Waals surface area (Å²) >= 11 is 0. The molecular formula is C18H18N4O4. The molecule has 0 spiro atoms. The van der Waals surface area contributed by atoms with Crippen molar-refractivity contribution in [1.82, 2.24) is 13.7 Å². The van der Waals surface area contributed by atoms with Gasteiger partial charge in [0.05, 0.1) is 6.54 Å². The topological polar surface area (TPSA) is 98.6 Å². The van der Waals surface area contributed by atoms with Gasteiger partial charge in [0.2, 0.25) is 0 Å². The van der Waals surface area contributed by atoms with Crippen LogP contribution in [0.5, 0.6) is 5.75 Å². The van der Waals surface area contributed by atoms with Gasteiger partial charge in [-0.15, -0.1) is 0 Å². The fraction of sp³-hybridized carbons (Fsp3) is 0.222. The van der Waals surface area contributed by atoms with Crippen LogP contribution in [0.2, 0.25) is 0 Å². The minimum Gasteiger partial charge on any atom is -0.506 e. The maximum absolute atomic E-state index is 12.6. The van der Waals surface area contributed by atoms with Crippen molar-refractivity contribution in [2.45, 2.75) is 6.54 Å². The molecule has 0 atom stereocenters. The minimum absolute atomic E-state index is 0.0563. The largest absolute Gasteiger partial charge is 0.506 e. The number of aliphatic imine (C=N–C) groups is 1. The molecule has 0 radical (unpaired) electrons. The van der Waals surface area contributed by atoms with Crippen LogP contribution in [-0.4, -0.2) is 25.0 Å². The first kappa shape index (κ1) is 17.4. The first-order valence-electron chi connectivity index (χ1n) is 7.90. The molecule has 0 aliphatic heterocycles. The summed E-state index contributed by atoms with van der Waals surface area (Å²) in [7, 11) is 4.20. The number of rotatable bonds is 3. The van der Waals surface area contributed by atoms with E-state index < -0.39 is 22.6 Å². The molecule has 0 unspecified atom stereocenters. The van der Waals surface area contributed by atoms with E-state index >= 15 is 0 Å². The highest BCUT2D eigenvalue weighted by atomic mass is 16.3. The molecular weight excluding hydrogens is 336 g/mol. The van der Waals surface area contributed by atoms with Crippen molar-refractivity contribution in [3.05, 3.63) is 72.7 Å². The SMILES string of the molecule is Cn1c(=O)c2c(O)c(C=NCc3ccccc3)c(=O)n(C)c2n(C)c1=O. The van der Waals surface area contributed by atoms with Crippen molar-refractivity contribution in [1.29, 1.82) is 0 Å². The monoisotopic (exact) mass is 354 g/mol. The molecule has 0 saturated heterocycles. The van der Waals surface area contributed by atoms with Gasteiger partial charge < -0.3 is 5.11 Å². The van der Waals surface area contributed by atoms with Crippen LogP contribution in [0.25, 0.3) is 11.0 Å². The van der Waals surface area contributed by atoms with E-state index in [4.69, 9.17) is 0 Å². The van der Waals surface area contributed by atoms with Crippen LogP contribution in [0.15, 0.2) is 49.7 Å². The van der Waals surface area contributed by atoms with Crippen LogP contribution < -0.4 is 16.8 Å². The highest BCUT2D eigenvalue weighted by Gasteiger charge is 2.20. The Bertz CT molecular complexity index is 1200. The summed E-state index contributed by atoms with van der Waals surface area (Å²) in [6.45, 7) is 0.326. The molecule has 8 nitrogen and oxygen atoms in total. The smallest absolute Gasteiger partial charge is 0.332 e. The summed E-state index contributed by atoms with van der Waals surface area (Å²) in [6.07, 6.45) is 1.26. The van der Waals surface area contributed by atoms with Crippen LogP contribution in [-0.2, 0) is 27.7 Å². The molecule has 2 heterocycles. The van der Waals surface area contributed by atoms with Crippen LogP contribution in [0, 0.1) is 0 Å². The number of fused-ring (bicyclic) bond motifs is 1. The predicted molar refractivity (Wildman–Crippen MR) is 99.1 cm³/mol. The third-order valence-electron chi connectivity index (χ3n) is 4.32. The molecule has 1 N–H and O–H groups in total. The quantitative estimate of drug-likeness (QED) is 0.682. The van der Waals surface area contributed by atoms with Gasteiger partial charge in [0.15, 0.2) is 0 Å². The lowest BCUT2D eigenvalue weighted by molar-refractivity contribution is 0.476. The highest BCUT2D eigenvalue weighted by molar-refractivity contribution is 5.93. The first-order valence-corrected chi connectivity index (χ1v) is 7.90. The maximum atomic E-state index is 12.6. The lowest BCUT2D eigenvalue weighted by Gasteiger charge is -2.13.